The van der Waals surface area contributed by atoms with Crippen LogP contribution in [0.4, 0.5) is 5.69 Å². The Kier molecular flexibility index (Phi) is 8.67. The Labute approximate surface area is 210 Å². The lowest BCUT2D eigenvalue weighted by atomic mass is 10.2. The number of hydrogen-bond donors (Lipinski definition) is 2. The van der Waals surface area contributed by atoms with E-state index in [1.165, 1.54) is 11.6 Å². The molecule has 192 valence electrons. The number of carboxylic acids is 2. The molecule has 2 N–H and O–H groups in total. The molecule has 4 rings (SSSR count). The molecular weight excluding hydrogens is 492 g/mol. The van der Waals surface area contributed by atoms with Gasteiger partial charge in [0, 0.05) is 65.5 Å². The molecule has 1 saturated heterocycles. The van der Waals surface area contributed by atoms with Crippen molar-refractivity contribution in [2.24, 2.45) is 14.1 Å². The highest BCUT2D eigenvalue weighted by molar-refractivity contribution is 6.33. The summed E-state index contributed by atoms with van der Waals surface area (Å²) in [5.41, 5.74) is 1.31. The molecule has 0 radical (unpaired) electrons. The van der Waals surface area contributed by atoms with Gasteiger partial charge >= 0.3 is 17.6 Å². The van der Waals surface area contributed by atoms with Crippen molar-refractivity contribution in [3.63, 3.8) is 0 Å². The summed E-state index contributed by atoms with van der Waals surface area (Å²) in [5.74, 6) is -2.51. The Bertz CT molecular complexity index is 1380. The van der Waals surface area contributed by atoms with Gasteiger partial charge in [0.2, 0.25) is 0 Å². The van der Waals surface area contributed by atoms with Crippen molar-refractivity contribution in [2.45, 2.75) is 6.54 Å². The van der Waals surface area contributed by atoms with Crippen molar-refractivity contribution < 1.29 is 19.8 Å². The standard InChI is InChI=1S/C19H23ClN6O2.C4H4O4/c1-22-17-16(18(27)23(2)19(22)28)26(13-21-17)12-9-24-7-10-25(11-8-24)15-6-4-3-5-14(15)20;5-3(6)1-2-4(7)8/h3-6,13H,7-12H2,1-2H3;1-2H,(H,5,6)(H,7,8)/b;2-1+. The second-order valence-corrected chi connectivity index (χ2v) is 8.51. The summed E-state index contributed by atoms with van der Waals surface area (Å²) in [5, 5.41) is 16.4. The number of carboxylic acid groups (broad SMARTS) is 2. The number of hydrogen-bond acceptors (Lipinski definition) is 7. The number of benzene rings is 1. The van der Waals surface area contributed by atoms with E-state index in [1.807, 2.05) is 22.8 Å². The van der Waals surface area contributed by atoms with Crippen LogP contribution in [0.5, 0.6) is 0 Å². The zero-order valence-electron chi connectivity index (χ0n) is 19.9. The molecule has 0 amide bonds. The first-order valence-corrected chi connectivity index (χ1v) is 11.4. The van der Waals surface area contributed by atoms with Crippen molar-refractivity contribution in [3.8, 4) is 0 Å². The smallest absolute Gasteiger partial charge is 0.332 e. The van der Waals surface area contributed by atoms with Gasteiger partial charge in [0.15, 0.2) is 11.2 Å². The summed E-state index contributed by atoms with van der Waals surface area (Å²) in [6.07, 6.45) is 2.76. The molecule has 0 bridgehead atoms. The lowest BCUT2D eigenvalue weighted by Crippen LogP contribution is -2.47. The van der Waals surface area contributed by atoms with E-state index in [9.17, 15) is 19.2 Å². The van der Waals surface area contributed by atoms with Crippen molar-refractivity contribution in [1.82, 2.24) is 23.6 Å². The molecule has 1 aliphatic rings. The second-order valence-electron chi connectivity index (χ2n) is 8.11. The summed E-state index contributed by atoms with van der Waals surface area (Å²) < 4.78 is 4.38. The van der Waals surface area contributed by atoms with Crippen LogP contribution in [-0.2, 0) is 30.2 Å². The Hall–Kier alpha value is -3.90. The van der Waals surface area contributed by atoms with E-state index in [0.717, 1.165) is 48.0 Å². The maximum absolute atomic E-state index is 12.5. The summed E-state index contributed by atoms with van der Waals surface area (Å²) in [7, 11) is 3.13. The minimum Gasteiger partial charge on any atom is -0.478 e. The molecule has 1 aliphatic heterocycles. The van der Waals surface area contributed by atoms with Gasteiger partial charge in [-0.2, -0.15) is 0 Å². The number of imidazole rings is 1. The third kappa shape index (κ3) is 6.20. The molecule has 0 spiro atoms. The Morgan fingerprint density at radius 1 is 0.972 bits per heavy atom. The fourth-order valence-corrected chi connectivity index (χ4v) is 4.13. The molecule has 1 aromatic carbocycles. The lowest BCUT2D eigenvalue weighted by molar-refractivity contribution is -0.134. The third-order valence-corrected chi connectivity index (χ3v) is 6.13. The molecule has 13 heteroatoms. The summed E-state index contributed by atoms with van der Waals surface area (Å²) in [6, 6.07) is 7.92. The third-order valence-electron chi connectivity index (χ3n) is 5.81. The summed E-state index contributed by atoms with van der Waals surface area (Å²) >= 11 is 6.31. The van der Waals surface area contributed by atoms with Gasteiger partial charge in [0.05, 0.1) is 17.0 Å². The fourth-order valence-electron chi connectivity index (χ4n) is 3.88. The van der Waals surface area contributed by atoms with Crippen LogP contribution < -0.4 is 16.1 Å². The first kappa shape index (κ1) is 26.7. The lowest BCUT2D eigenvalue weighted by Gasteiger charge is -2.36. The number of aliphatic carboxylic acids is 2. The molecule has 2 aromatic heterocycles. The minimum absolute atomic E-state index is 0.306. The van der Waals surface area contributed by atoms with E-state index < -0.39 is 11.9 Å². The average molecular weight is 519 g/mol. The largest absolute Gasteiger partial charge is 0.478 e. The highest BCUT2D eigenvalue weighted by Gasteiger charge is 2.19. The number of carbonyl (C=O) groups is 2. The average Bonchev–Trinajstić information content (AvgIpc) is 3.29. The molecule has 0 atom stereocenters. The molecule has 3 aromatic rings. The van der Waals surface area contributed by atoms with E-state index in [2.05, 4.69) is 20.9 Å². The van der Waals surface area contributed by atoms with Crippen LogP contribution in [0.15, 0.2) is 52.3 Å². The van der Waals surface area contributed by atoms with Gasteiger partial charge in [-0.15, -0.1) is 0 Å². The second kappa shape index (κ2) is 11.7. The summed E-state index contributed by atoms with van der Waals surface area (Å²) in [6.45, 7) is 5.13. The van der Waals surface area contributed by atoms with Gasteiger partial charge in [-0.25, -0.2) is 19.4 Å². The Morgan fingerprint density at radius 2 is 1.58 bits per heavy atom. The van der Waals surface area contributed by atoms with Crippen LogP contribution in [0.3, 0.4) is 0 Å². The normalized spacial score (nSPS) is 14.1. The van der Waals surface area contributed by atoms with E-state index in [1.54, 1.807) is 13.4 Å². The number of aromatic nitrogens is 4. The van der Waals surface area contributed by atoms with Crippen LogP contribution in [-0.4, -0.2) is 78.5 Å². The van der Waals surface area contributed by atoms with Crippen molar-refractivity contribution in [3.05, 3.63) is 68.6 Å². The van der Waals surface area contributed by atoms with Gasteiger partial charge < -0.3 is 19.7 Å². The van der Waals surface area contributed by atoms with E-state index >= 15 is 0 Å². The fraction of sp³-hybridized carbons (Fsp3) is 0.348. The highest BCUT2D eigenvalue weighted by atomic mass is 35.5. The zero-order valence-corrected chi connectivity index (χ0v) is 20.6. The maximum atomic E-state index is 12.5. The highest BCUT2D eigenvalue weighted by Crippen LogP contribution is 2.26. The quantitative estimate of drug-likeness (QED) is 0.449. The predicted octanol–water partition coefficient (Wildman–Crippen LogP) is 0.621. The van der Waals surface area contributed by atoms with Gasteiger partial charge in [-0.1, -0.05) is 23.7 Å². The van der Waals surface area contributed by atoms with Crippen LogP contribution >= 0.6 is 11.6 Å². The predicted molar refractivity (Wildman–Crippen MR) is 135 cm³/mol. The first-order chi connectivity index (χ1) is 17.1. The first-order valence-electron chi connectivity index (χ1n) is 11.1. The van der Waals surface area contributed by atoms with Gasteiger partial charge in [0.25, 0.3) is 5.56 Å². The van der Waals surface area contributed by atoms with Crippen molar-refractivity contribution >= 4 is 40.4 Å². The summed E-state index contributed by atoms with van der Waals surface area (Å²) in [4.78, 5) is 52.6. The van der Waals surface area contributed by atoms with Gasteiger partial charge in [0.1, 0.15) is 0 Å². The van der Waals surface area contributed by atoms with Crippen molar-refractivity contribution in [1.29, 1.82) is 0 Å². The Balaban J connectivity index is 0.000000392. The molecular formula is C23H27ClN6O6. The number of halogens is 1. The minimum atomic E-state index is -1.26. The number of rotatable bonds is 6. The molecule has 3 heterocycles. The molecule has 0 unspecified atom stereocenters. The van der Waals surface area contributed by atoms with Crippen LogP contribution in [0.25, 0.3) is 11.2 Å². The van der Waals surface area contributed by atoms with E-state index in [4.69, 9.17) is 21.8 Å². The number of fused-ring (bicyclic) bond motifs is 1. The molecule has 1 fully saturated rings. The van der Waals surface area contributed by atoms with E-state index in [0.29, 0.717) is 29.9 Å². The van der Waals surface area contributed by atoms with Gasteiger partial charge in [-0.05, 0) is 12.1 Å². The van der Waals surface area contributed by atoms with Crippen molar-refractivity contribution in [2.75, 3.05) is 37.6 Å². The molecule has 0 aliphatic carbocycles. The van der Waals surface area contributed by atoms with Crippen LogP contribution in [0.2, 0.25) is 5.02 Å². The monoisotopic (exact) mass is 518 g/mol. The molecule has 36 heavy (non-hydrogen) atoms. The zero-order chi connectivity index (χ0) is 26.4. The van der Waals surface area contributed by atoms with Crippen LogP contribution in [0.1, 0.15) is 0 Å². The topological polar surface area (TPSA) is 143 Å². The molecule has 12 nitrogen and oxygen atoms in total. The number of anilines is 1. The number of nitrogens with zero attached hydrogens (tertiary/aromatic N) is 6. The van der Waals surface area contributed by atoms with E-state index in [-0.39, 0.29) is 11.2 Å². The number of piperazine rings is 1. The SMILES string of the molecule is Cn1c(=O)c2c(ncn2CCN2CCN(c3ccccc3Cl)CC2)n(C)c1=O.O=C(O)/C=C/C(=O)O. The Morgan fingerprint density at radius 3 is 2.17 bits per heavy atom. The maximum Gasteiger partial charge on any atom is 0.332 e. The number of aryl methyl sites for hydroxylation is 1. The van der Waals surface area contributed by atoms with Crippen LogP contribution in [0, 0.1) is 0 Å². The number of para-hydroxylation sites is 1. The molecule has 0 saturated carbocycles. The van der Waals surface area contributed by atoms with Gasteiger partial charge in [-0.3, -0.25) is 18.8 Å².